The van der Waals surface area contributed by atoms with Gasteiger partial charge in [0.25, 0.3) is 5.91 Å². The van der Waals surface area contributed by atoms with E-state index in [1.807, 2.05) is 71.3 Å². The lowest BCUT2D eigenvalue weighted by Gasteiger charge is -2.14. The van der Waals surface area contributed by atoms with Crippen LogP contribution >= 0.6 is 23.2 Å². The predicted molar refractivity (Wildman–Crippen MR) is 149 cm³/mol. The van der Waals surface area contributed by atoms with Crippen LogP contribution in [0.2, 0.25) is 10.0 Å². The number of hydrazone groups is 1. The molecule has 0 aliphatic carbocycles. The van der Waals surface area contributed by atoms with Crippen LogP contribution in [0.5, 0.6) is 5.75 Å². The molecule has 0 saturated heterocycles. The fraction of sp³-hybridized carbons (Fsp3) is 0.0690. The summed E-state index contributed by atoms with van der Waals surface area (Å²) in [4.78, 5) is 25.8. The third kappa shape index (κ3) is 5.35. The van der Waals surface area contributed by atoms with E-state index in [0.29, 0.717) is 43.2 Å². The van der Waals surface area contributed by atoms with Crippen molar-refractivity contribution in [2.45, 2.75) is 13.2 Å². The average molecular weight is 530 g/mol. The summed E-state index contributed by atoms with van der Waals surface area (Å²) in [6.45, 7) is 0.242. The van der Waals surface area contributed by atoms with Crippen LogP contribution in [-0.4, -0.2) is 16.7 Å². The van der Waals surface area contributed by atoms with Crippen molar-refractivity contribution in [3.05, 3.63) is 122 Å². The second kappa shape index (κ2) is 10.9. The number of carbonyl (C=O) groups excluding carboxylic acids is 1. The van der Waals surface area contributed by atoms with Gasteiger partial charge in [0.2, 0.25) is 0 Å². The standard InChI is InChI=1S/C29H21Cl2N3O3/c30-21-14-13-20(24(31)15-21)18-37-27-12-6-1-7-19(27)16-32-33-28(35)17-34-25-10-4-2-8-22(25)29(36)23-9-3-5-11-26(23)34/h1-16H,17-18H2,(H,33,35)/b32-16+. The molecule has 0 radical (unpaired) electrons. The van der Waals surface area contributed by atoms with E-state index in [1.165, 1.54) is 6.21 Å². The SMILES string of the molecule is O=C(Cn1c2ccccc2c(=O)c2ccccc21)N/N=C/c1ccccc1OCc1ccc(Cl)cc1Cl. The molecular formula is C29H21Cl2N3O3. The van der Waals surface area contributed by atoms with Gasteiger partial charge in [-0.05, 0) is 48.5 Å². The number of nitrogens with zero attached hydrogens (tertiary/aromatic N) is 2. The van der Waals surface area contributed by atoms with Crippen molar-refractivity contribution in [1.29, 1.82) is 0 Å². The fourth-order valence-corrected chi connectivity index (χ4v) is 4.58. The Balaban J connectivity index is 1.33. The van der Waals surface area contributed by atoms with Gasteiger partial charge in [0, 0.05) is 31.9 Å². The lowest BCUT2D eigenvalue weighted by Crippen LogP contribution is -2.25. The van der Waals surface area contributed by atoms with Crippen molar-refractivity contribution < 1.29 is 9.53 Å². The number of hydrogen-bond acceptors (Lipinski definition) is 4. The molecule has 5 rings (SSSR count). The summed E-state index contributed by atoms with van der Waals surface area (Å²) in [5, 5.41) is 6.33. The number of aromatic nitrogens is 1. The van der Waals surface area contributed by atoms with E-state index >= 15 is 0 Å². The molecule has 0 saturated carbocycles. The number of rotatable bonds is 7. The topological polar surface area (TPSA) is 72.7 Å². The molecule has 0 spiro atoms. The molecule has 1 amide bonds. The average Bonchev–Trinajstić information content (AvgIpc) is 2.91. The van der Waals surface area contributed by atoms with Crippen LogP contribution in [-0.2, 0) is 17.9 Å². The van der Waals surface area contributed by atoms with Gasteiger partial charge in [0.15, 0.2) is 5.43 Å². The number of carbonyl (C=O) groups is 1. The van der Waals surface area contributed by atoms with Gasteiger partial charge in [-0.3, -0.25) is 9.59 Å². The summed E-state index contributed by atoms with van der Waals surface area (Å²) in [6, 6.07) is 27.1. The molecule has 0 unspecified atom stereocenters. The van der Waals surface area contributed by atoms with E-state index in [4.69, 9.17) is 27.9 Å². The van der Waals surface area contributed by atoms with Crippen LogP contribution in [0.1, 0.15) is 11.1 Å². The lowest BCUT2D eigenvalue weighted by molar-refractivity contribution is -0.121. The van der Waals surface area contributed by atoms with Crippen LogP contribution in [0, 0.1) is 0 Å². The van der Waals surface area contributed by atoms with Crippen molar-refractivity contribution in [3.63, 3.8) is 0 Å². The van der Waals surface area contributed by atoms with E-state index in [9.17, 15) is 9.59 Å². The fourth-order valence-electron chi connectivity index (χ4n) is 4.11. The number of ether oxygens (including phenoxy) is 1. The Bertz CT molecular complexity index is 1650. The molecule has 37 heavy (non-hydrogen) atoms. The number of amides is 1. The minimum Gasteiger partial charge on any atom is -0.488 e. The number of para-hydroxylation sites is 3. The van der Waals surface area contributed by atoms with Crippen LogP contribution in [0.25, 0.3) is 21.8 Å². The number of benzene rings is 4. The minimum absolute atomic E-state index is 0.00808. The maximum Gasteiger partial charge on any atom is 0.260 e. The van der Waals surface area contributed by atoms with E-state index in [0.717, 1.165) is 5.56 Å². The highest BCUT2D eigenvalue weighted by Gasteiger charge is 2.12. The van der Waals surface area contributed by atoms with Crippen LogP contribution < -0.4 is 15.6 Å². The summed E-state index contributed by atoms with van der Waals surface area (Å²) >= 11 is 12.2. The monoisotopic (exact) mass is 529 g/mol. The normalized spacial score (nSPS) is 11.3. The quantitative estimate of drug-likeness (QED) is 0.155. The highest BCUT2D eigenvalue weighted by atomic mass is 35.5. The van der Waals surface area contributed by atoms with Gasteiger partial charge in [0.05, 0.1) is 17.2 Å². The first kappa shape index (κ1) is 24.6. The first-order valence-electron chi connectivity index (χ1n) is 11.5. The molecule has 6 nitrogen and oxygen atoms in total. The van der Waals surface area contributed by atoms with E-state index in [2.05, 4.69) is 10.5 Å². The second-order valence-corrected chi connectivity index (χ2v) is 9.15. The molecule has 0 aliphatic rings. The molecule has 1 heterocycles. The molecule has 0 aliphatic heterocycles. The summed E-state index contributed by atoms with van der Waals surface area (Å²) in [5.74, 6) is 0.255. The Morgan fingerprint density at radius 2 is 1.54 bits per heavy atom. The molecule has 0 bridgehead atoms. The van der Waals surface area contributed by atoms with Gasteiger partial charge in [-0.2, -0.15) is 5.10 Å². The molecule has 8 heteroatoms. The largest absolute Gasteiger partial charge is 0.488 e. The molecule has 1 N–H and O–H groups in total. The first-order valence-corrected chi connectivity index (χ1v) is 12.2. The zero-order valence-electron chi connectivity index (χ0n) is 19.5. The summed E-state index contributed by atoms with van der Waals surface area (Å²) < 4.78 is 7.76. The first-order chi connectivity index (χ1) is 18.0. The third-order valence-corrected chi connectivity index (χ3v) is 6.48. The smallest absolute Gasteiger partial charge is 0.260 e. The van der Waals surface area contributed by atoms with Crippen LogP contribution in [0.15, 0.2) is 101 Å². The predicted octanol–water partition coefficient (Wildman–Crippen LogP) is 6.19. The summed E-state index contributed by atoms with van der Waals surface area (Å²) in [7, 11) is 0. The van der Waals surface area contributed by atoms with Crippen LogP contribution in [0.3, 0.4) is 0 Å². The zero-order chi connectivity index (χ0) is 25.8. The highest BCUT2D eigenvalue weighted by molar-refractivity contribution is 6.35. The number of fused-ring (bicyclic) bond motifs is 2. The Morgan fingerprint density at radius 3 is 2.24 bits per heavy atom. The summed E-state index contributed by atoms with van der Waals surface area (Å²) in [6.07, 6.45) is 1.53. The van der Waals surface area contributed by atoms with Crippen molar-refractivity contribution in [3.8, 4) is 5.75 Å². The number of hydrogen-bond donors (Lipinski definition) is 1. The van der Waals surface area contributed by atoms with E-state index in [-0.39, 0.29) is 24.5 Å². The van der Waals surface area contributed by atoms with E-state index in [1.54, 1.807) is 24.3 Å². The number of pyridine rings is 1. The highest BCUT2D eigenvalue weighted by Crippen LogP contribution is 2.24. The van der Waals surface area contributed by atoms with Crippen molar-refractivity contribution in [2.24, 2.45) is 5.10 Å². The molecule has 0 atom stereocenters. The zero-order valence-corrected chi connectivity index (χ0v) is 21.0. The molecule has 184 valence electrons. The molecular weight excluding hydrogens is 509 g/mol. The Labute approximate surface area is 222 Å². The minimum atomic E-state index is -0.332. The summed E-state index contributed by atoms with van der Waals surface area (Å²) in [5.41, 5.74) is 5.38. The van der Waals surface area contributed by atoms with E-state index < -0.39 is 0 Å². The van der Waals surface area contributed by atoms with Gasteiger partial charge in [-0.25, -0.2) is 5.43 Å². The van der Waals surface area contributed by atoms with Gasteiger partial charge < -0.3 is 9.30 Å². The Hall–Kier alpha value is -4.13. The van der Waals surface area contributed by atoms with Crippen molar-refractivity contribution in [1.82, 2.24) is 9.99 Å². The molecule has 4 aromatic carbocycles. The maximum absolute atomic E-state index is 12.9. The number of halogens is 2. The second-order valence-electron chi connectivity index (χ2n) is 8.30. The van der Waals surface area contributed by atoms with Gasteiger partial charge in [-0.15, -0.1) is 0 Å². The maximum atomic E-state index is 12.9. The third-order valence-electron chi connectivity index (χ3n) is 5.89. The van der Waals surface area contributed by atoms with Gasteiger partial charge >= 0.3 is 0 Å². The van der Waals surface area contributed by atoms with Gasteiger partial charge in [0.1, 0.15) is 18.9 Å². The van der Waals surface area contributed by atoms with Crippen molar-refractivity contribution >= 4 is 57.1 Å². The Morgan fingerprint density at radius 1 is 0.892 bits per heavy atom. The number of nitrogens with one attached hydrogen (secondary N) is 1. The Kier molecular flexibility index (Phi) is 7.21. The molecule has 5 aromatic rings. The molecule has 0 fully saturated rings. The molecule has 1 aromatic heterocycles. The van der Waals surface area contributed by atoms with Gasteiger partial charge in [-0.1, -0.05) is 65.7 Å². The van der Waals surface area contributed by atoms with Crippen LogP contribution in [0.4, 0.5) is 0 Å². The van der Waals surface area contributed by atoms with Crippen molar-refractivity contribution in [2.75, 3.05) is 0 Å². The lowest BCUT2D eigenvalue weighted by atomic mass is 10.1.